The number of carboxylic acids is 1. The summed E-state index contributed by atoms with van der Waals surface area (Å²) in [6.45, 7) is 6.30. The van der Waals surface area contributed by atoms with Crippen LogP contribution >= 0.6 is 21.6 Å². The molecule has 1 aromatic heterocycles. The van der Waals surface area contributed by atoms with Gasteiger partial charge in [-0.05, 0) is 81.0 Å². The van der Waals surface area contributed by atoms with Crippen LogP contribution < -0.4 is 48.3 Å². The lowest BCUT2D eigenvalue weighted by Crippen LogP contribution is -2.62. The normalized spacial score (nSPS) is 22.1. The Morgan fingerprint density at radius 2 is 1.33 bits per heavy atom. The lowest BCUT2D eigenvalue weighted by atomic mass is 10.0. The molecule has 22 nitrogen and oxygen atoms in total. The van der Waals surface area contributed by atoms with Gasteiger partial charge in [-0.25, -0.2) is 4.79 Å². The van der Waals surface area contributed by atoms with E-state index in [0.29, 0.717) is 24.0 Å². The third kappa shape index (κ3) is 18.3. The number of aliphatic carboxylic acids is 1. The first-order chi connectivity index (χ1) is 36.2. The van der Waals surface area contributed by atoms with Gasteiger partial charge in [-0.15, -0.1) is 0 Å². The average Bonchev–Trinajstić information content (AvgIpc) is 3.79. The number of amides is 7. The third-order valence-corrected chi connectivity index (χ3v) is 14.8. The number of aromatic amines is 1. The summed E-state index contributed by atoms with van der Waals surface area (Å²) in [5.74, 6) is -8.29. The number of unbranched alkanes of at least 4 members (excludes halogenated alkanes) is 1. The van der Waals surface area contributed by atoms with Crippen LogP contribution in [0, 0.1) is 0 Å². The fraction of sp³-hybridized carbons (Fsp3) is 0.462. The molecule has 0 unspecified atom stereocenters. The van der Waals surface area contributed by atoms with Crippen molar-refractivity contribution in [2.75, 3.05) is 18.1 Å². The Morgan fingerprint density at radius 3 is 1.97 bits per heavy atom. The first kappa shape index (κ1) is 60.2. The minimum atomic E-state index is -1.81. The maximum atomic E-state index is 14.9. The van der Waals surface area contributed by atoms with Crippen LogP contribution in [-0.2, 0) is 57.6 Å². The second kappa shape index (κ2) is 29.6. The second-order valence-corrected chi connectivity index (χ2v) is 21.5. The number of para-hydroxylation sites is 1. The second-order valence-electron chi connectivity index (χ2n) is 18.9. The topological polar surface area (TPSA) is 356 Å². The maximum Gasteiger partial charge on any atom is 0.328 e. The van der Waals surface area contributed by atoms with Crippen LogP contribution in [0.25, 0.3) is 10.9 Å². The molecule has 0 radical (unpaired) electrons. The zero-order valence-electron chi connectivity index (χ0n) is 42.7. The summed E-state index contributed by atoms with van der Waals surface area (Å²) in [6.07, 6.45) is -0.853. The van der Waals surface area contributed by atoms with Gasteiger partial charge >= 0.3 is 5.97 Å². The molecule has 10 atom stereocenters. The van der Waals surface area contributed by atoms with Gasteiger partial charge in [0.25, 0.3) is 0 Å². The number of carboxylic acid groups (broad SMARTS) is 1. The fourth-order valence-electron chi connectivity index (χ4n) is 8.30. The largest absolute Gasteiger partial charge is 0.508 e. The molecule has 4 aromatic rings. The van der Waals surface area contributed by atoms with E-state index >= 15 is 0 Å². The van der Waals surface area contributed by atoms with E-state index in [0.717, 1.165) is 45.0 Å². The van der Waals surface area contributed by atoms with Crippen molar-refractivity contribution >= 4 is 79.8 Å². The number of aliphatic hydroxyl groups excluding tert-OH is 2. The van der Waals surface area contributed by atoms with Gasteiger partial charge in [0.15, 0.2) is 6.04 Å². The molecule has 1 aliphatic heterocycles. The summed E-state index contributed by atoms with van der Waals surface area (Å²) in [6, 6.07) is 10.6. The highest BCUT2D eigenvalue weighted by Gasteiger charge is 2.37. The Balaban J connectivity index is 1.61. The van der Waals surface area contributed by atoms with Crippen molar-refractivity contribution in [2.24, 2.45) is 5.73 Å². The number of hydrogen-bond acceptors (Lipinski definition) is 15. The van der Waals surface area contributed by atoms with Crippen molar-refractivity contribution in [2.45, 2.75) is 133 Å². The number of benzene rings is 3. The lowest BCUT2D eigenvalue weighted by Gasteiger charge is -2.29. The van der Waals surface area contributed by atoms with Crippen LogP contribution in [-0.4, -0.2) is 157 Å². The van der Waals surface area contributed by atoms with E-state index in [1.165, 1.54) is 19.1 Å². The number of phenols is 1. The van der Waals surface area contributed by atoms with Crippen LogP contribution in [0.15, 0.2) is 85.1 Å². The van der Waals surface area contributed by atoms with Crippen molar-refractivity contribution < 1.29 is 58.8 Å². The van der Waals surface area contributed by atoms with E-state index < -0.39 is 108 Å². The van der Waals surface area contributed by atoms with Gasteiger partial charge in [-0.1, -0.05) is 96.1 Å². The van der Waals surface area contributed by atoms with Crippen LogP contribution in [0.4, 0.5) is 0 Å². The Labute approximate surface area is 448 Å². The first-order valence-electron chi connectivity index (χ1n) is 25.0. The average molecular weight is 1090 g/mol. The number of phenolic OH excluding ortho intramolecular Hbond substituents is 1. The molecular formula is C52H70N10O12S2. The van der Waals surface area contributed by atoms with E-state index in [2.05, 4.69) is 47.5 Å². The summed E-state index contributed by atoms with van der Waals surface area (Å²) in [7, 11) is 1.92. The summed E-state index contributed by atoms with van der Waals surface area (Å²) in [5.41, 5.74) is 8.46. The molecule has 1 saturated heterocycles. The number of aromatic nitrogens is 1. The minimum Gasteiger partial charge on any atom is -0.508 e. The molecule has 412 valence electrons. The summed E-state index contributed by atoms with van der Waals surface area (Å²) >= 11 is 0. The molecule has 0 bridgehead atoms. The van der Waals surface area contributed by atoms with Crippen molar-refractivity contribution in [3.05, 3.63) is 102 Å². The lowest BCUT2D eigenvalue weighted by molar-refractivity contribution is -0.145. The molecular weight excluding hydrogens is 1020 g/mol. The first-order valence-corrected chi connectivity index (χ1v) is 27.5. The van der Waals surface area contributed by atoms with Crippen molar-refractivity contribution in [1.82, 2.24) is 47.5 Å². The maximum absolute atomic E-state index is 14.9. The minimum absolute atomic E-state index is 0.0168. The molecule has 1 fully saturated rings. The highest BCUT2D eigenvalue weighted by molar-refractivity contribution is 8.76. The summed E-state index contributed by atoms with van der Waals surface area (Å²) in [5, 5.41) is 63.4. The third-order valence-electron chi connectivity index (χ3n) is 12.4. The number of aromatic hydroxyl groups is 1. The van der Waals surface area contributed by atoms with Gasteiger partial charge in [0, 0.05) is 47.5 Å². The Morgan fingerprint density at radius 1 is 0.711 bits per heavy atom. The highest BCUT2D eigenvalue weighted by atomic mass is 33.1. The number of carbonyl (C=O) groups is 8. The molecule has 0 spiro atoms. The standard InChI is InChI=1S/C52H70N10O12S2/c1-28(2)55-38(22-31-12-6-5-7-13-31)46(67)59-41-26-75-76-27-42(50(71)62-44(30(4)64)52(73)74)60-51(72)43(29(3)63)61-45(66)37(16-10-11-21-53)56-48(69)40(24-33-25-54-36-15-9-8-14-35(33)36)58-47(68)39(57-49(41)70)23-32-17-19-34(65)20-18-32/h5-9,12-15,17-20,25,28-30,37-44,54-55,63-65H,10-11,16,21-24,26-27,53H2,1-4H3,(H,56,69)(H,57,70)(H,58,68)(H,59,67)(H,60,72)(H,61,66)(H,62,71)(H,73,74)/t29-,30-,37-,38+,39-,40+,41-,42-,43-,44-/m0/s1. The molecule has 5 rings (SSSR count). The Hall–Kier alpha value is -6.70. The number of nitrogens with two attached hydrogens (primary N) is 1. The molecule has 76 heavy (non-hydrogen) atoms. The quantitative estimate of drug-likeness (QED) is 0.0435. The van der Waals surface area contributed by atoms with Crippen molar-refractivity contribution in [3.8, 4) is 5.75 Å². The van der Waals surface area contributed by atoms with Crippen LogP contribution in [0.5, 0.6) is 5.75 Å². The number of aliphatic hydroxyl groups is 2. The van der Waals surface area contributed by atoms with E-state index in [9.17, 15) is 58.8 Å². The molecule has 24 heteroatoms. The van der Waals surface area contributed by atoms with E-state index in [1.807, 2.05) is 62.4 Å². The predicted molar refractivity (Wildman–Crippen MR) is 288 cm³/mol. The number of nitrogens with one attached hydrogen (secondary N) is 9. The summed E-state index contributed by atoms with van der Waals surface area (Å²) < 4.78 is 0. The van der Waals surface area contributed by atoms with Gasteiger partial charge in [0.1, 0.15) is 42.0 Å². The van der Waals surface area contributed by atoms with Crippen molar-refractivity contribution in [1.29, 1.82) is 0 Å². The zero-order valence-corrected chi connectivity index (χ0v) is 44.4. The number of fused-ring (bicyclic) bond motifs is 1. The van der Waals surface area contributed by atoms with Crippen LogP contribution in [0.1, 0.15) is 63.6 Å². The molecule has 15 N–H and O–H groups in total. The Kier molecular flexibility index (Phi) is 23.4. The summed E-state index contributed by atoms with van der Waals surface area (Å²) in [4.78, 5) is 116. The van der Waals surface area contributed by atoms with E-state index in [1.54, 1.807) is 24.4 Å². The van der Waals surface area contributed by atoms with Crippen LogP contribution in [0.2, 0.25) is 0 Å². The fourth-order valence-corrected chi connectivity index (χ4v) is 10.6. The van der Waals surface area contributed by atoms with Crippen LogP contribution in [0.3, 0.4) is 0 Å². The molecule has 0 saturated carbocycles. The van der Waals surface area contributed by atoms with Crippen molar-refractivity contribution in [3.63, 3.8) is 0 Å². The molecule has 1 aliphatic rings. The van der Waals surface area contributed by atoms with E-state index in [4.69, 9.17) is 5.73 Å². The molecule has 3 aromatic carbocycles. The monoisotopic (exact) mass is 1090 g/mol. The molecule has 7 amide bonds. The number of carbonyl (C=O) groups excluding carboxylic acids is 7. The van der Waals surface area contributed by atoms with E-state index in [-0.39, 0.29) is 55.5 Å². The predicted octanol–water partition coefficient (Wildman–Crippen LogP) is 0.0318. The van der Waals surface area contributed by atoms with Gasteiger partial charge < -0.3 is 73.7 Å². The highest BCUT2D eigenvalue weighted by Crippen LogP contribution is 2.25. The SMILES string of the molecule is CC(C)N[C@H](Cc1ccccc1)C(=O)N[C@H]1CSSC[C@@H](C(=O)N[C@H](C(=O)O)[C@H](C)O)NC(=O)[C@H]([C@H](C)O)NC(=O)[C@H](CCCCN)NC(=O)[C@@H](Cc2c[nH]c3ccccc23)NC(=O)[C@H](Cc2ccc(O)cc2)NC1=O. The van der Waals surface area contributed by atoms with Gasteiger partial charge in [-0.3, -0.25) is 33.6 Å². The molecule has 0 aliphatic carbocycles. The molecule has 2 heterocycles. The number of H-pyrrole nitrogens is 1. The number of rotatable bonds is 19. The zero-order chi connectivity index (χ0) is 55.5. The van der Waals surface area contributed by atoms with Gasteiger partial charge in [0.2, 0.25) is 41.4 Å². The smallest absolute Gasteiger partial charge is 0.328 e. The Bertz CT molecular complexity index is 2600. The van der Waals surface area contributed by atoms with Gasteiger partial charge in [-0.2, -0.15) is 0 Å². The number of hydrogen-bond donors (Lipinski definition) is 14. The van der Waals surface area contributed by atoms with Gasteiger partial charge in [0.05, 0.1) is 18.2 Å².